The number of morpholine rings is 1. The van der Waals surface area contributed by atoms with Crippen LogP contribution in [0.15, 0.2) is 61.1 Å². The van der Waals surface area contributed by atoms with Crippen LogP contribution in [-0.4, -0.2) is 73.2 Å². The maximum absolute atomic E-state index is 5.92. The summed E-state index contributed by atoms with van der Waals surface area (Å²) in [6.45, 7) is 5.13. The molecule has 0 amide bonds. The molecular formula is C26H28N4O4. The Morgan fingerprint density at radius 1 is 0.882 bits per heavy atom. The first kappa shape index (κ1) is 22.2. The number of hydrogen-bond acceptors (Lipinski definition) is 7. The monoisotopic (exact) mass is 460 g/mol. The average molecular weight is 461 g/mol. The van der Waals surface area contributed by atoms with Crippen molar-refractivity contribution in [3.05, 3.63) is 61.1 Å². The van der Waals surface area contributed by atoms with Gasteiger partial charge in [0.25, 0.3) is 0 Å². The van der Waals surface area contributed by atoms with Gasteiger partial charge in [0.1, 0.15) is 12.4 Å². The molecule has 0 saturated carbocycles. The Hall–Kier alpha value is -3.62. The third-order valence-corrected chi connectivity index (χ3v) is 6.02. The topological polar surface area (TPSA) is 70.4 Å². The molecule has 3 heterocycles. The molecule has 1 fully saturated rings. The summed E-state index contributed by atoms with van der Waals surface area (Å²) in [7, 11) is 3.25. The number of benzene rings is 2. The van der Waals surface area contributed by atoms with Crippen molar-refractivity contribution in [3.63, 3.8) is 0 Å². The molecule has 1 aliphatic rings. The second-order valence-electron chi connectivity index (χ2n) is 8.07. The molecule has 0 N–H and O–H groups in total. The van der Waals surface area contributed by atoms with Gasteiger partial charge in [0.2, 0.25) is 0 Å². The van der Waals surface area contributed by atoms with Crippen LogP contribution in [0.4, 0.5) is 0 Å². The highest BCUT2D eigenvalue weighted by Crippen LogP contribution is 2.34. The van der Waals surface area contributed by atoms with E-state index in [4.69, 9.17) is 23.9 Å². The standard InChI is InChI=1S/C26H28N4O4/c1-31-24-8-5-20(15-25(24)32-2)23-17-28-30-18-21(16-27-26(23)30)19-3-6-22(7-4-19)34-14-11-29-9-12-33-13-10-29/h3-8,15-18H,9-14H2,1-2H3. The Morgan fingerprint density at radius 2 is 1.65 bits per heavy atom. The van der Waals surface area contributed by atoms with Crippen molar-refractivity contribution in [3.8, 4) is 39.5 Å². The summed E-state index contributed by atoms with van der Waals surface area (Å²) < 4.78 is 23.9. The van der Waals surface area contributed by atoms with E-state index in [9.17, 15) is 0 Å². The molecule has 1 aliphatic heterocycles. The molecule has 2 aromatic heterocycles. The van der Waals surface area contributed by atoms with E-state index < -0.39 is 0 Å². The van der Waals surface area contributed by atoms with Crippen molar-refractivity contribution < 1.29 is 18.9 Å². The Kier molecular flexibility index (Phi) is 6.60. The first-order valence-electron chi connectivity index (χ1n) is 11.3. The highest BCUT2D eigenvalue weighted by molar-refractivity contribution is 5.79. The first-order valence-corrected chi connectivity index (χ1v) is 11.3. The fourth-order valence-electron chi connectivity index (χ4n) is 4.09. The van der Waals surface area contributed by atoms with Gasteiger partial charge in [0, 0.05) is 43.2 Å². The van der Waals surface area contributed by atoms with E-state index in [2.05, 4.69) is 10.00 Å². The third-order valence-electron chi connectivity index (χ3n) is 6.02. The molecule has 0 bridgehead atoms. The fraction of sp³-hybridized carbons (Fsp3) is 0.308. The minimum Gasteiger partial charge on any atom is -0.493 e. The summed E-state index contributed by atoms with van der Waals surface area (Å²) in [5.41, 5.74) is 4.70. The Labute approximate surface area is 198 Å². The zero-order valence-electron chi connectivity index (χ0n) is 19.4. The predicted molar refractivity (Wildman–Crippen MR) is 130 cm³/mol. The maximum atomic E-state index is 5.92. The molecule has 8 heteroatoms. The van der Waals surface area contributed by atoms with Crippen LogP contribution < -0.4 is 14.2 Å². The van der Waals surface area contributed by atoms with E-state index in [1.807, 2.05) is 61.1 Å². The van der Waals surface area contributed by atoms with Crippen LogP contribution in [0.1, 0.15) is 0 Å². The van der Waals surface area contributed by atoms with Crippen molar-refractivity contribution in [2.24, 2.45) is 0 Å². The van der Waals surface area contributed by atoms with Gasteiger partial charge in [0.05, 0.1) is 33.6 Å². The second kappa shape index (κ2) is 10.1. The van der Waals surface area contributed by atoms with Gasteiger partial charge in [0.15, 0.2) is 17.1 Å². The number of ether oxygens (including phenoxy) is 4. The molecule has 0 radical (unpaired) electrons. The summed E-state index contributed by atoms with van der Waals surface area (Å²) in [6.07, 6.45) is 5.68. The minimum atomic E-state index is 0.666. The lowest BCUT2D eigenvalue weighted by Crippen LogP contribution is -2.38. The lowest BCUT2D eigenvalue weighted by atomic mass is 10.1. The third kappa shape index (κ3) is 4.69. The minimum absolute atomic E-state index is 0.666. The molecule has 2 aromatic carbocycles. The molecule has 8 nitrogen and oxygen atoms in total. The van der Waals surface area contributed by atoms with Crippen molar-refractivity contribution in [1.29, 1.82) is 0 Å². The number of fused-ring (bicyclic) bond motifs is 1. The zero-order valence-corrected chi connectivity index (χ0v) is 19.4. The van der Waals surface area contributed by atoms with Gasteiger partial charge in [-0.25, -0.2) is 9.50 Å². The van der Waals surface area contributed by atoms with Gasteiger partial charge in [-0.15, -0.1) is 0 Å². The predicted octanol–water partition coefficient (Wildman–Crippen LogP) is 3.79. The normalized spacial score (nSPS) is 14.3. The van der Waals surface area contributed by atoms with E-state index >= 15 is 0 Å². The Balaban J connectivity index is 1.29. The van der Waals surface area contributed by atoms with Crippen molar-refractivity contribution in [2.75, 3.05) is 53.7 Å². The molecular weight excluding hydrogens is 432 g/mol. The molecule has 4 aromatic rings. The van der Waals surface area contributed by atoms with Crippen LogP contribution in [0.3, 0.4) is 0 Å². The van der Waals surface area contributed by atoms with Crippen LogP contribution in [0.2, 0.25) is 0 Å². The van der Waals surface area contributed by atoms with E-state index in [1.165, 1.54) is 0 Å². The molecule has 5 rings (SSSR count). The van der Waals surface area contributed by atoms with E-state index in [-0.39, 0.29) is 0 Å². The van der Waals surface area contributed by atoms with Crippen LogP contribution >= 0.6 is 0 Å². The largest absolute Gasteiger partial charge is 0.493 e. The van der Waals surface area contributed by atoms with Crippen molar-refractivity contribution >= 4 is 5.65 Å². The molecule has 34 heavy (non-hydrogen) atoms. The summed E-state index contributed by atoms with van der Waals surface area (Å²) in [5, 5.41) is 4.53. The van der Waals surface area contributed by atoms with Crippen molar-refractivity contribution in [1.82, 2.24) is 19.5 Å². The summed E-state index contributed by atoms with van der Waals surface area (Å²) >= 11 is 0. The number of methoxy groups -OCH3 is 2. The molecule has 176 valence electrons. The Morgan fingerprint density at radius 3 is 2.41 bits per heavy atom. The molecule has 0 spiro atoms. The smallest absolute Gasteiger partial charge is 0.162 e. The zero-order chi connectivity index (χ0) is 23.3. The molecule has 0 aliphatic carbocycles. The van der Waals surface area contributed by atoms with Crippen LogP contribution in [-0.2, 0) is 4.74 Å². The van der Waals surface area contributed by atoms with E-state index in [1.54, 1.807) is 18.7 Å². The highest BCUT2D eigenvalue weighted by Gasteiger charge is 2.13. The van der Waals surface area contributed by atoms with Gasteiger partial charge in [-0.1, -0.05) is 18.2 Å². The lowest BCUT2D eigenvalue weighted by Gasteiger charge is -2.26. The maximum Gasteiger partial charge on any atom is 0.162 e. The summed E-state index contributed by atoms with van der Waals surface area (Å²) in [6, 6.07) is 13.9. The summed E-state index contributed by atoms with van der Waals surface area (Å²) in [5.74, 6) is 2.22. The van der Waals surface area contributed by atoms with Crippen LogP contribution in [0.5, 0.6) is 17.2 Å². The quantitative estimate of drug-likeness (QED) is 0.396. The second-order valence-corrected chi connectivity index (χ2v) is 8.07. The van der Waals surface area contributed by atoms with E-state index in [0.29, 0.717) is 18.1 Å². The van der Waals surface area contributed by atoms with Gasteiger partial charge in [-0.05, 0) is 35.4 Å². The average Bonchev–Trinajstić information content (AvgIpc) is 3.32. The fourth-order valence-corrected chi connectivity index (χ4v) is 4.09. The molecule has 0 atom stereocenters. The first-order chi connectivity index (χ1) is 16.7. The molecule has 1 saturated heterocycles. The van der Waals surface area contributed by atoms with Gasteiger partial charge in [-0.3, -0.25) is 4.90 Å². The number of nitrogens with zero attached hydrogens (tertiary/aromatic N) is 4. The van der Waals surface area contributed by atoms with Crippen molar-refractivity contribution in [2.45, 2.75) is 0 Å². The Bertz CT molecular complexity index is 1250. The number of aromatic nitrogens is 3. The van der Waals surface area contributed by atoms with Crippen LogP contribution in [0.25, 0.3) is 27.9 Å². The summed E-state index contributed by atoms with van der Waals surface area (Å²) in [4.78, 5) is 7.06. The van der Waals surface area contributed by atoms with Gasteiger partial charge < -0.3 is 18.9 Å². The van der Waals surface area contributed by atoms with E-state index in [0.717, 1.165) is 66.5 Å². The SMILES string of the molecule is COc1ccc(-c2cnn3cc(-c4ccc(OCCN5CCOCC5)cc4)cnc23)cc1OC. The number of rotatable bonds is 8. The van der Waals surface area contributed by atoms with Gasteiger partial charge >= 0.3 is 0 Å². The number of hydrogen-bond donors (Lipinski definition) is 0. The highest BCUT2D eigenvalue weighted by atomic mass is 16.5. The molecule has 0 unspecified atom stereocenters. The van der Waals surface area contributed by atoms with Crippen LogP contribution in [0, 0.1) is 0 Å². The van der Waals surface area contributed by atoms with Gasteiger partial charge in [-0.2, -0.15) is 5.10 Å². The lowest BCUT2D eigenvalue weighted by molar-refractivity contribution is 0.0322.